The van der Waals surface area contributed by atoms with Gasteiger partial charge in [-0.2, -0.15) is 13.2 Å². The highest BCUT2D eigenvalue weighted by molar-refractivity contribution is 7.92. The minimum atomic E-state index is -4.71. The number of carbonyl (C=O) groups is 1. The van der Waals surface area contributed by atoms with Crippen LogP contribution in [-0.2, 0) is 21.0 Å². The van der Waals surface area contributed by atoms with Crippen molar-refractivity contribution >= 4 is 33.2 Å². The molecule has 0 bridgehead atoms. The number of benzene rings is 2. The highest BCUT2D eigenvalue weighted by atomic mass is 35.5. The molecule has 170 valence electrons. The number of rotatable bonds is 9. The first-order valence-electron chi connectivity index (χ1n) is 9.29. The summed E-state index contributed by atoms with van der Waals surface area (Å²) in [7, 11) is -0.632. The van der Waals surface area contributed by atoms with Crippen molar-refractivity contribution in [2.24, 2.45) is 0 Å². The summed E-state index contributed by atoms with van der Waals surface area (Å²) in [6.45, 7) is 0.262. The Morgan fingerprint density at radius 2 is 1.74 bits per heavy atom. The van der Waals surface area contributed by atoms with E-state index in [2.05, 4.69) is 5.32 Å². The standard InChI is InChI=1S/C20H23ClF3N3O3S/c1-26(2)12-6-11-25-19(28)14-27(31(29,30)16-7-4-3-5-8-16)18-13-15(20(22,23)24)9-10-17(18)21/h3-5,7-10,13H,6,11-12,14H2,1-2H3,(H,25,28). The van der Waals surface area contributed by atoms with Crippen molar-refractivity contribution in [3.8, 4) is 0 Å². The molecule has 0 aliphatic rings. The quantitative estimate of drug-likeness (QED) is 0.560. The summed E-state index contributed by atoms with van der Waals surface area (Å²) in [5, 5.41) is 2.36. The summed E-state index contributed by atoms with van der Waals surface area (Å²) in [5.74, 6) is -0.660. The minimum absolute atomic E-state index is 0.177. The molecule has 31 heavy (non-hydrogen) atoms. The van der Waals surface area contributed by atoms with E-state index in [1.54, 1.807) is 6.07 Å². The Morgan fingerprint density at radius 3 is 2.32 bits per heavy atom. The van der Waals surface area contributed by atoms with E-state index in [1.165, 1.54) is 24.3 Å². The predicted octanol–water partition coefficient (Wildman–Crippen LogP) is 3.62. The van der Waals surface area contributed by atoms with Gasteiger partial charge in [-0.25, -0.2) is 8.42 Å². The molecule has 0 heterocycles. The molecule has 0 aromatic heterocycles. The van der Waals surface area contributed by atoms with Crippen molar-refractivity contribution in [3.05, 3.63) is 59.1 Å². The molecule has 0 aliphatic carbocycles. The van der Waals surface area contributed by atoms with E-state index in [4.69, 9.17) is 11.6 Å². The summed E-state index contributed by atoms with van der Waals surface area (Å²) in [5.41, 5.74) is -1.50. The first-order chi connectivity index (χ1) is 14.4. The van der Waals surface area contributed by atoms with Crippen molar-refractivity contribution in [3.63, 3.8) is 0 Å². The lowest BCUT2D eigenvalue weighted by Crippen LogP contribution is -2.41. The van der Waals surface area contributed by atoms with Crippen LogP contribution in [0, 0.1) is 0 Å². The van der Waals surface area contributed by atoms with Crippen LogP contribution >= 0.6 is 11.6 Å². The lowest BCUT2D eigenvalue weighted by molar-refractivity contribution is -0.137. The number of nitrogens with zero attached hydrogens (tertiary/aromatic N) is 2. The fourth-order valence-corrected chi connectivity index (χ4v) is 4.43. The molecule has 1 N–H and O–H groups in total. The van der Waals surface area contributed by atoms with Gasteiger partial charge in [-0.1, -0.05) is 29.8 Å². The van der Waals surface area contributed by atoms with Gasteiger partial charge < -0.3 is 10.2 Å². The lowest BCUT2D eigenvalue weighted by Gasteiger charge is -2.26. The predicted molar refractivity (Wildman–Crippen MR) is 114 cm³/mol. The Hall–Kier alpha value is -2.30. The Kier molecular flexibility index (Phi) is 8.33. The molecule has 2 aromatic rings. The number of hydrogen-bond donors (Lipinski definition) is 1. The third kappa shape index (κ3) is 6.84. The first kappa shape index (κ1) is 25.0. The van der Waals surface area contributed by atoms with Crippen molar-refractivity contribution in [1.29, 1.82) is 0 Å². The molecule has 0 spiro atoms. The van der Waals surface area contributed by atoms with Crippen LogP contribution in [0.1, 0.15) is 12.0 Å². The van der Waals surface area contributed by atoms with Crippen LogP contribution in [0.4, 0.5) is 18.9 Å². The van der Waals surface area contributed by atoms with Gasteiger partial charge in [-0.3, -0.25) is 9.10 Å². The molecule has 0 saturated heterocycles. The Morgan fingerprint density at radius 1 is 1.10 bits per heavy atom. The average molecular weight is 478 g/mol. The van der Waals surface area contributed by atoms with Crippen LogP contribution in [0.2, 0.25) is 5.02 Å². The number of hydrogen-bond acceptors (Lipinski definition) is 4. The normalized spacial score (nSPS) is 12.1. The third-order valence-electron chi connectivity index (χ3n) is 4.26. The molecule has 2 rings (SSSR count). The highest BCUT2D eigenvalue weighted by Crippen LogP contribution is 2.37. The minimum Gasteiger partial charge on any atom is -0.354 e. The first-order valence-corrected chi connectivity index (χ1v) is 11.1. The summed E-state index contributed by atoms with van der Waals surface area (Å²) in [6, 6.07) is 9.46. The maximum Gasteiger partial charge on any atom is 0.416 e. The summed E-state index contributed by atoms with van der Waals surface area (Å²) < 4.78 is 66.7. The van der Waals surface area contributed by atoms with Gasteiger partial charge in [-0.15, -0.1) is 0 Å². The van der Waals surface area contributed by atoms with Crippen LogP contribution in [0.15, 0.2) is 53.4 Å². The Bertz CT molecular complexity index is 1000. The van der Waals surface area contributed by atoms with Crippen molar-refractivity contribution in [2.45, 2.75) is 17.5 Å². The largest absolute Gasteiger partial charge is 0.416 e. The van der Waals surface area contributed by atoms with Crippen LogP contribution in [0.3, 0.4) is 0 Å². The van der Waals surface area contributed by atoms with Crippen molar-refractivity contribution in [1.82, 2.24) is 10.2 Å². The van der Waals surface area contributed by atoms with Crippen LogP contribution in [-0.4, -0.2) is 53.0 Å². The molecule has 1 amide bonds. The van der Waals surface area contributed by atoms with E-state index in [1.807, 2.05) is 19.0 Å². The second-order valence-electron chi connectivity index (χ2n) is 7.00. The van der Waals surface area contributed by atoms with Gasteiger partial charge >= 0.3 is 6.18 Å². The molecule has 0 unspecified atom stereocenters. The van der Waals surface area contributed by atoms with Crippen LogP contribution < -0.4 is 9.62 Å². The summed E-state index contributed by atoms with van der Waals surface area (Å²) in [4.78, 5) is 14.2. The molecule has 11 heteroatoms. The number of halogens is 4. The number of nitrogens with one attached hydrogen (secondary N) is 1. The molecule has 0 fully saturated rings. The van der Waals surface area contributed by atoms with E-state index >= 15 is 0 Å². The van der Waals surface area contributed by atoms with Gasteiger partial charge in [0.1, 0.15) is 6.54 Å². The maximum absolute atomic E-state index is 13.2. The average Bonchev–Trinajstić information content (AvgIpc) is 2.69. The molecular formula is C20H23ClF3N3O3S. The molecule has 2 aromatic carbocycles. The van der Waals surface area contributed by atoms with E-state index in [-0.39, 0.29) is 16.5 Å². The number of carbonyl (C=O) groups excluding carboxylic acids is 1. The molecule has 0 radical (unpaired) electrons. The zero-order chi connectivity index (χ0) is 23.2. The second kappa shape index (κ2) is 10.3. The zero-order valence-corrected chi connectivity index (χ0v) is 18.6. The lowest BCUT2D eigenvalue weighted by atomic mass is 10.2. The smallest absolute Gasteiger partial charge is 0.354 e. The number of amides is 1. The topological polar surface area (TPSA) is 69.7 Å². The summed E-state index contributed by atoms with van der Waals surface area (Å²) in [6.07, 6.45) is -4.09. The second-order valence-corrected chi connectivity index (χ2v) is 9.26. The fourth-order valence-electron chi connectivity index (χ4n) is 2.71. The highest BCUT2D eigenvalue weighted by Gasteiger charge is 2.34. The maximum atomic E-state index is 13.2. The number of alkyl halides is 3. The van der Waals surface area contributed by atoms with Gasteiger partial charge in [0.25, 0.3) is 10.0 Å². The van der Waals surface area contributed by atoms with Crippen molar-refractivity contribution < 1.29 is 26.4 Å². The SMILES string of the molecule is CN(C)CCCNC(=O)CN(c1cc(C(F)(F)F)ccc1Cl)S(=O)(=O)c1ccccc1. The van der Waals surface area contributed by atoms with Gasteiger partial charge in [0.15, 0.2) is 0 Å². The molecule has 6 nitrogen and oxygen atoms in total. The van der Waals surface area contributed by atoms with E-state index in [9.17, 15) is 26.4 Å². The van der Waals surface area contributed by atoms with Crippen molar-refractivity contribution in [2.75, 3.05) is 38.0 Å². The van der Waals surface area contributed by atoms with Crippen LogP contribution in [0.5, 0.6) is 0 Å². The van der Waals surface area contributed by atoms with E-state index in [0.717, 1.165) is 12.1 Å². The molecule has 0 saturated carbocycles. The third-order valence-corrected chi connectivity index (χ3v) is 6.36. The summed E-state index contributed by atoms with van der Waals surface area (Å²) >= 11 is 6.07. The van der Waals surface area contributed by atoms with Crippen LogP contribution in [0.25, 0.3) is 0 Å². The van der Waals surface area contributed by atoms with Gasteiger partial charge in [0, 0.05) is 6.54 Å². The number of anilines is 1. The van der Waals surface area contributed by atoms with Gasteiger partial charge in [-0.05, 0) is 57.4 Å². The molecule has 0 aliphatic heterocycles. The Balaban J connectivity index is 2.41. The van der Waals surface area contributed by atoms with E-state index in [0.29, 0.717) is 23.3 Å². The Labute approximate surface area is 184 Å². The monoisotopic (exact) mass is 477 g/mol. The number of sulfonamides is 1. The van der Waals surface area contributed by atoms with Gasteiger partial charge in [0.05, 0.1) is 21.2 Å². The zero-order valence-electron chi connectivity index (χ0n) is 17.0. The van der Waals surface area contributed by atoms with Gasteiger partial charge in [0.2, 0.25) is 5.91 Å². The molecule has 0 atom stereocenters. The van der Waals surface area contributed by atoms with E-state index < -0.39 is 39.9 Å². The fraction of sp³-hybridized carbons (Fsp3) is 0.350. The molecular weight excluding hydrogens is 455 g/mol.